The molecule has 5 nitrogen and oxygen atoms in total. The van der Waals surface area contributed by atoms with Gasteiger partial charge in [-0.15, -0.1) is 0 Å². The van der Waals surface area contributed by atoms with E-state index in [0.717, 1.165) is 61.8 Å². The highest BCUT2D eigenvalue weighted by Gasteiger charge is 2.36. The Bertz CT molecular complexity index is 956. The van der Waals surface area contributed by atoms with Crippen LogP contribution in [-0.4, -0.2) is 28.5 Å². The number of hydrogen-bond donors (Lipinski definition) is 0. The van der Waals surface area contributed by atoms with Crippen LogP contribution in [0.25, 0.3) is 0 Å². The zero-order chi connectivity index (χ0) is 19.2. The molecule has 1 saturated carbocycles. The van der Waals surface area contributed by atoms with E-state index in [0.29, 0.717) is 11.4 Å². The molecule has 2 aromatic rings. The third-order valence-electron chi connectivity index (χ3n) is 6.15. The number of rotatable bonds is 5. The van der Waals surface area contributed by atoms with Crippen molar-refractivity contribution >= 4 is 10.0 Å². The Kier molecular flexibility index (Phi) is 4.89. The minimum atomic E-state index is -3.55. The summed E-state index contributed by atoms with van der Waals surface area (Å²) in [6.45, 7) is 4.28. The molecule has 2 aliphatic rings. The third-order valence-corrected chi connectivity index (χ3v) is 8.21. The average Bonchev–Trinajstić information content (AvgIpc) is 3.32. The van der Waals surface area contributed by atoms with Crippen molar-refractivity contribution in [1.29, 1.82) is 0 Å². The lowest BCUT2D eigenvalue weighted by molar-refractivity contribution is 0.311. The summed E-state index contributed by atoms with van der Waals surface area (Å²) in [7, 11) is -1.58. The number of benzene rings is 1. The number of hydrogen-bond acceptors (Lipinski definition) is 3. The van der Waals surface area contributed by atoms with Crippen molar-refractivity contribution in [2.75, 3.05) is 0 Å². The Labute approximate surface area is 162 Å². The van der Waals surface area contributed by atoms with Crippen molar-refractivity contribution in [1.82, 2.24) is 14.1 Å². The van der Waals surface area contributed by atoms with Gasteiger partial charge in [-0.25, -0.2) is 8.42 Å². The first-order valence-corrected chi connectivity index (χ1v) is 11.4. The molecule has 0 bridgehead atoms. The second-order valence-corrected chi connectivity index (χ2v) is 9.97. The van der Waals surface area contributed by atoms with Crippen molar-refractivity contribution in [3.63, 3.8) is 0 Å². The van der Waals surface area contributed by atoms with Gasteiger partial charge in [-0.1, -0.05) is 30.5 Å². The molecule has 0 spiro atoms. The van der Waals surface area contributed by atoms with Crippen LogP contribution in [0.4, 0.5) is 0 Å². The van der Waals surface area contributed by atoms with Gasteiger partial charge in [0.1, 0.15) is 0 Å². The molecule has 1 heterocycles. The first kappa shape index (κ1) is 18.7. The molecule has 2 aliphatic carbocycles. The monoisotopic (exact) mass is 387 g/mol. The van der Waals surface area contributed by atoms with Gasteiger partial charge < -0.3 is 0 Å². The lowest BCUT2D eigenvalue weighted by Gasteiger charge is -2.28. The number of nitrogens with zero attached hydrogens (tertiary/aromatic N) is 3. The third kappa shape index (κ3) is 3.34. The van der Waals surface area contributed by atoms with Gasteiger partial charge in [0.25, 0.3) is 0 Å². The molecule has 27 heavy (non-hydrogen) atoms. The van der Waals surface area contributed by atoms with Crippen molar-refractivity contribution in [2.24, 2.45) is 7.05 Å². The van der Waals surface area contributed by atoms with Crippen LogP contribution in [0, 0.1) is 13.8 Å². The minimum Gasteiger partial charge on any atom is -0.272 e. The number of fused-ring (bicyclic) bond motifs is 1. The number of aryl methyl sites for hydroxylation is 3. The van der Waals surface area contributed by atoms with Crippen LogP contribution >= 0.6 is 0 Å². The molecular formula is C21H29N3O2S. The molecule has 146 valence electrons. The van der Waals surface area contributed by atoms with Crippen molar-refractivity contribution in [2.45, 2.75) is 76.3 Å². The summed E-state index contributed by atoms with van der Waals surface area (Å²) in [6.07, 6.45) is 7.29. The molecule has 0 amide bonds. The molecule has 4 rings (SSSR count). The van der Waals surface area contributed by atoms with Crippen LogP contribution in [0.1, 0.15) is 60.2 Å². The van der Waals surface area contributed by atoms with Gasteiger partial charge in [0.2, 0.25) is 10.0 Å². The molecule has 0 N–H and O–H groups in total. The second kappa shape index (κ2) is 7.06. The summed E-state index contributed by atoms with van der Waals surface area (Å²) < 4.78 is 31.0. The normalized spacial score (nSPS) is 17.8. The van der Waals surface area contributed by atoms with E-state index in [-0.39, 0.29) is 6.04 Å². The van der Waals surface area contributed by atoms with E-state index in [2.05, 4.69) is 0 Å². The highest BCUT2D eigenvalue weighted by molar-refractivity contribution is 7.89. The van der Waals surface area contributed by atoms with Crippen molar-refractivity contribution in [3.8, 4) is 0 Å². The lowest BCUT2D eigenvalue weighted by atomic mass is 10.2. The van der Waals surface area contributed by atoms with Crippen LogP contribution in [0.5, 0.6) is 0 Å². The molecule has 1 fully saturated rings. The maximum atomic E-state index is 13.7. The predicted molar refractivity (Wildman–Crippen MR) is 106 cm³/mol. The summed E-state index contributed by atoms with van der Waals surface area (Å²) >= 11 is 0. The standard InChI is InChI=1S/C21H29N3O2S/c1-15-11-12-21(16(2)13-15)27(25,26)24(17-7-4-5-8-17)14-19-18-9-6-10-20(18)23(3)22-19/h11-13,17H,4-10,14H2,1-3H3. The summed E-state index contributed by atoms with van der Waals surface area (Å²) in [4.78, 5) is 0.438. The summed E-state index contributed by atoms with van der Waals surface area (Å²) in [5, 5.41) is 4.70. The van der Waals surface area contributed by atoms with Crippen LogP contribution in [0.3, 0.4) is 0 Å². The van der Waals surface area contributed by atoms with Crippen molar-refractivity contribution < 1.29 is 8.42 Å². The molecule has 0 atom stereocenters. The van der Waals surface area contributed by atoms with Gasteiger partial charge in [-0.05, 0) is 63.1 Å². The minimum absolute atomic E-state index is 0.0785. The van der Waals surface area contributed by atoms with Gasteiger partial charge in [0.05, 0.1) is 17.1 Å². The van der Waals surface area contributed by atoms with Gasteiger partial charge in [0, 0.05) is 18.8 Å². The van der Waals surface area contributed by atoms with E-state index in [1.165, 1.54) is 11.3 Å². The van der Waals surface area contributed by atoms with E-state index >= 15 is 0 Å². The topological polar surface area (TPSA) is 55.2 Å². The Morgan fingerprint density at radius 1 is 1.15 bits per heavy atom. The predicted octanol–water partition coefficient (Wildman–Crippen LogP) is 3.66. The van der Waals surface area contributed by atoms with Gasteiger partial charge in [-0.3, -0.25) is 4.68 Å². The van der Waals surface area contributed by atoms with Crippen LogP contribution in [0.15, 0.2) is 23.1 Å². The maximum Gasteiger partial charge on any atom is 0.243 e. The van der Waals surface area contributed by atoms with E-state index < -0.39 is 10.0 Å². The highest BCUT2D eigenvalue weighted by atomic mass is 32.2. The first-order valence-electron chi connectivity index (χ1n) is 10.0. The van der Waals surface area contributed by atoms with E-state index in [4.69, 9.17) is 5.10 Å². The van der Waals surface area contributed by atoms with E-state index in [1.807, 2.05) is 37.7 Å². The van der Waals surface area contributed by atoms with Crippen LogP contribution < -0.4 is 0 Å². The van der Waals surface area contributed by atoms with E-state index in [1.54, 1.807) is 10.4 Å². The molecular weight excluding hydrogens is 358 g/mol. The fourth-order valence-corrected chi connectivity index (χ4v) is 6.64. The highest BCUT2D eigenvalue weighted by Crippen LogP contribution is 2.33. The first-order chi connectivity index (χ1) is 12.9. The Morgan fingerprint density at radius 2 is 1.89 bits per heavy atom. The Balaban J connectivity index is 1.74. The summed E-state index contributed by atoms with van der Waals surface area (Å²) in [5.41, 5.74) is 5.41. The average molecular weight is 388 g/mol. The largest absolute Gasteiger partial charge is 0.272 e. The van der Waals surface area contributed by atoms with Gasteiger partial charge in [-0.2, -0.15) is 9.40 Å². The zero-order valence-corrected chi connectivity index (χ0v) is 17.3. The number of sulfonamides is 1. The van der Waals surface area contributed by atoms with Gasteiger partial charge >= 0.3 is 0 Å². The molecule has 6 heteroatoms. The second-order valence-electron chi connectivity index (χ2n) is 8.11. The summed E-state index contributed by atoms with van der Waals surface area (Å²) in [6, 6.07) is 5.70. The smallest absolute Gasteiger partial charge is 0.243 e. The van der Waals surface area contributed by atoms with Crippen molar-refractivity contribution in [3.05, 3.63) is 46.3 Å². The maximum absolute atomic E-state index is 13.7. The fraction of sp³-hybridized carbons (Fsp3) is 0.571. The molecule has 1 aromatic carbocycles. The zero-order valence-electron chi connectivity index (χ0n) is 16.5. The fourth-order valence-electron chi connectivity index (χ4n) is 4.79. The Morgan fingerprint density at radius 3 is 2.59 bits per heavy atom. The molecule has 0 unspecified atom stereocenters. The summed E-state index contributed by atoms with van der Waals surface area (Å²) in [5.74, 6) is 0. The molecule has 0 aliphatic heterocycles. The molecule has 0 radical (unpaired) electrons. The van der Waals surface area contributed by atoms with E-state index in [9.17, 15) is 8.42 Å². The SMILES string of the molecule is Cc1ccc(S(=O)(=O)N(Cc2nn(C)c3c2CCC3)C2CCCC2)c(C)c1. The quantitative estimate of drug-likeness (QED) is 0.787. The number of aromatic nitrogens is 2. The van der Waals surface area contributed by atoms with Crippen LogP contribution in [-0.2, 0) is 36.5 Å². The van der Waals surface area contributed by atoms with Crippen LogP contribution in [0.2, 0.25) is 0 Å². The van der Waals surface area contributed by atoms with Gasteiger partial charge in [0.15, 0.2) is 0 Å². The molecule has 1 aromatic heterocycles. The lowest BCUT2D eigenvalue weighted by Crippen LogP contribution is -2.39. The Hall–Kier alpha value is -1.66. The molecule has 0 saturated heterocycles.